The van der Waals surface area contributed by atoms with Crippen LogP contribution < -0.4 is 5.32 Å². The van der Waals surface area contributed by atoms with Gasteiger partial charge in [-0.1, -0.05) is 6.92 Å². The van der Waals surface area contributed by atoms with E-state index in [0.29, 0.717) is 6.54 Å². The lowest BCUT2D eigenvalue weighted by Crippen LogP contribution is -2.44. The Morgan fingerprint density at radius 2 is 2.17 bits per heavy atom. The van der Waals surface area contributed by atoms with Gasteiger partial charge in [0.25, 0.3) is 0 Å². The van der Waals surface area contributed by atoms with E-state index in [-0.39, 0.29) is 11.3 Å². The summed E-state index contributed by atoms with van der Waals surface area (Å²) >= 11 is 0. The van der Waals surface area contributed by atoms with Gasteiger partial charge in [0.1, 0.15) is 6.54 Å². The second kappa shape index (κ2) is 5.52. The molecule has 1 amide bonds. The highest BCUT2D eigenvalue weighted by atomic mass is 16.2. The number of carbonyl (C=O) groups is 1. The first-order valence-corrected chi connectivity index (χ1v) is 6.50. The number of likely N-dealkylation sites (tertiary alicyclic amines) is 1. The van der Waals surface area contributed by atoms with E-state index in [1.54, 1.807) is 17.1 Å². The molecule has 100 valence electrons. The molecule has 0 atom stereocenters. The van der Waals surface area contributed by atoms with E-state index >= 15 is 0 Å². The van der Waals surface area contributed by atoms with E-state index in [1.165, 1.54) is 0 Å². The Morgan fingerprint density at radius 1 is 1.44 bits per heavy atom. The molecule has 0 aromatic carbocycles. The number of amides is 1. The summed E-state index contributed by atoms with van der Waals surface area (Å²) in [6.07, 6.45) is 5.78. The number of nitrogens with one attached hydrogen (secondary N) is 1. The summed E-state index contributed by atoms with van der Waals surface area (Å²) in [6.45, 7) is 5.56. The summed E-state index contributed by atoms with van der Waals surface area (Å²) in [5.41, 5.74) is 0.242. The van der Waals surface area contributed by atoms with Gasteiger partial charge in [-0.25, -0.2) is 0 Å². The zero-order chi connectivity index (χ0) is 13.0. The van der Waals surface area contributed by atoms with Crippen molar-refractivity contribution < 1.29 is 4.79 Å². The van der Waals surface area contributed by atoms with Gasteiger partial charge in [-0.05, 0) is 44.5 Å². The molecule has 0 spiro atoms. The molecule has 1 saturated heterocycles. The van der Waals surface area contributed by atoms with Gasteiger partial charge in [0.05, 0.1) is 0 Å². The first kappa shape index (κ1) is 13.1. The van der Waals surface area contributed by atoms with Crippen LogP contribution in [-0.2, 0) is 11.3 Å². The molecule has 5 nitrogen and oxygen atoms in total. The van der Waals surface area contributed by atoms with Gasteiger partial charge < -0.3 is 10.2 Å². The topological polar surface area (TPSA) is 50.2 Å². The Morgan fingerprint density at radius 3 is 2.78 bits per heavy atom. The quantitative estimate of drug-likeness (QED) is 0.857. The van der Waals surface area contributed by atoms with Gasteiger partial charge >= 0.3 is 0 Å². The van der Waals surface area contributed by atoms with Gasteiger partial charge in [-0.3, -0.25) is 9.48 Å². The minimum atomic E-state index is 0.0406. The van der Waals surface area contributed by atoms with Crippen LogP contribution in [0.15, 0.2) is 18.5 Å². The third kappa shape index (κ3) is 3.57. The van der Waals surface area contributed by atoms with Crippen molar-refractivity contribution in [3.63, 3.8) is 0 Å². The largest absolute Gasteiger partial charge is 0.354 e. The second-order valence-corrected chi connectivity index (χ2v) is 5.59. The summed E-state index contributed by atoms with van der Waals surface area (Å²) in [6, 6.07) is 1.82. The summed E-state index contributed by atoms with van der Waals surface area (Å²) in [4.78, 5) is 14.1. The maximum absolute atomic E-state index is 11.8. The predicted molar refractivity (Wildman–Crippen MR) is 70.1 cm³/mol. The number of aromatic nitrogens is 2. The molecular weight excluding hydrogens is 228 g/mol. The molecule has 0 radical (unpaired) electrons. The van der Waals surface area contributed by atoms with Crippen LogP contribution >= 0.6 is 0 Å². The molecule has 1 N–H and O–H groups in total. The number of piperidine rings is 1. The highest BCUT2D eigenvalue weighted by Gasteiger charge is 2.29. The van der Waals surface area contributed by atoms with Crippen molar-refractivity contribution in [2.75, 3.05) is 26.7 Å². The van der Waals surface area contributed by atoms with Crippen molar-refractivity contribution >= 4 is 5.91 Å². The summed E-state index contributed by atoms with van der Waals surface area (Å²) in [5.74, 6) is 0.0406. The Labute approximate surface area is 108 Å². The average molecular weight is 250 g/mol. The van der Waals surface area contributed by atoms with E-state index in [9.17, 15) is 4.79 Å². The minimum Gasteiger partial charge on any atom is -0.354 e. The number of rotatable bonds is 4. The molecule has 1 aromatic rings. The van der Waals surface area contributed by atoms with Crippen LogP contribution in [0.2, 0.25) is 0 Å². The number of carbonyl (C=O) groups excluding carboxylic acids is 1. The lowest BCUT2D eigenvalue weighted by atomic mass is 9.80. The molecule has 0 unspecified atom stereocenters. The maximum Gasteiger partial charge on any atom is 0.241 e. The van der Waals surface area contributed by atoms with Crippen LogP contribution in [0.25, 0.3) is 0 Å². The molecule has 1 fully saturated rings. The molecule has 2 rings (SSSR count). The molecule has 5 heteroatoms. The zero-order valence-electron chi connectivity index (χ0n) is 11.2. The van der Waals surface area contributed by atoms with E-state index in [4.69, 9.17) is 0 Å². The third-order valence-corrected chi connectivity index (χ3v) is 3.77. The fourth-order valence-electron chi connectivity index (χ4n) is 2.24. The molecule has 1 aromatic heterocycles. The van der Waals surface area contributed by atoms with E-state index < -0.39 is 0 Å². The van der Waals surface area contributed by atoms with E-state index in [0.717, 1.165) is 32.5 Å². The Balaban J connectivity index is 1.75. The SMILES string of the molecule is CN1CCC(C)(CNC(=O)Cn2cccn2)CC1. The highest BCUT2D eigenvalue weighted by Crippen LogP contribution is 2.29. The molecule has 0 saturated carbocycles. The smallest absolute Gasteiger partial charge is 0.241 e. The Hall–Kier alpha value is -1.36. The molecule has 18 heavy (non-hydrogen) atoms. The lowest BCUT2D eigenvalue weighted by molar-refractivity contribution is -0.122. The summed E-state index contributed by atoms with van der Waals surface area (Å²) < 4.78 is 1.65. The molecule has 2 heterocycles. The fraction of sp³-hybridized carbons (Fsp3) is 0.692. The highest BCUT2D eigenvalue weighted by molar-refractivity contribution is 5.75. The van der Waals surface area contributed by atoms with Crippen molar-refractivity contribution in [2.24, 2.45) is 5.41 Å². The number of hydrogen-bond donors (Lipinski definition) is 1. The normalized spacial score (nSPS) is 19.7. The predicted octanol–water partition coefficient (Wildman–Crippen LogP) is 0.731. The van der Waals surface area contributed by atoms with Crippen molar-refractivity contribution in [3.8, 4) is 0 Å². The van der Waals surface area contributed by atoms with Crippen LogP contribution in [-0.4, -0.2) is 47.3 Å². The minimum absolute atomic E-state index is 0.0406. The van der Waals surface area contributed by atoms with Crippen LogP contribution in [0.1, 0.15) is 19.8 Å². The Bertz CT molecular complexity index is 380. The molecule has 0 bridgehead atoms. The first-order valence-electron chi connectivity index (χ1n) is 6.50. The van der Waals surface area contributed by atoms with Gasteiger partial charge in [-0.2, -0.15) is 5.10 Å². The van der Waals surface area contributed by atoms with E-state index in [2.05, 4.69) is 29.3 Å². The average Bonchev–Trinajstić information content (AvgIpc) is 2.84. The van der Waals surface area contributed by atoms with Gasteiger partial charge in [0, 0.05) is 18.9 Å². The van der Waals surface area contributed by atoms with Crippen molar-refractivity contribution in [1.82, 2.24) is 20.0 Å². The van der Waals surface area contributed by atoms with Crippen molar-refractivity contribution in [1.29, 1.82) is 0 Å². The first-order chi connectivity index (χ1) is 8.57. The van der Waals surface area contributed by atoms with Crippen molar-refractivity contribution in [2.45, 2.75) is 26.3 Å². The Kier molecular flexibility index (Phi) is 4.01. The van der Waals surface area contributed by atoms with Crippen LogP contribution in [0.3, 0.4) is 0 Å². The van der Waals surface area contributed by atoms with Crippen LogP contribution in [0.5, 0.6) is 0 Å². The molecule has 1 aliphatic heterocycles. The van der Waals surface area contributed by atoms with Gasteiger partial charge in [0.2, 0.25) is 5.91 Å². The summed E-state index contributed by atoms with van der Waals surface area (Å²) in [7, 11) is 2.15. The van der Waals surface area contributed by atoms with Crippen LogP contribution in [0.4, 0.5) is 0 Å². The standard InChI is InChI=1S/C13H22N4O/c1-13(4-8-16(2)9-5-13)11-14-12(18)10-17-7-3-6-15-17/h3,6-7H,4-5,8-11H2,1-2H3,(H,14,18). The maximum atomic E-state index is 11.8. The summed E-state index contributed by atoms with van der Waals surface area (Å²) in [5, 5.41) is 7.06. The monoisotopic (exact) mass is 250 g/mol. The van der Waals surface area contributed by atoms with Gasteiger partial charge in [-0.15, -0.1) is 0 Å². The van der Waals surface area contributed by atoms with Crippen molar-refractivity contribution in [3.05, 3.63) is 18.5 Å². The lowest BCUT2D eigenvalue weighted by Gasteiger charge is -2.37. The van der Waals surface area contributed by atoms with Gasteiger partial charge in [0.15, 0.2) is 0 Å². The third-order valence-electron chi connectivity index (χ3n) is 3.77. The number of hydrogen-bond acceptors (Lipinski definition) is 3. The zero-order valence-corrected chi connectivity index (χ0v) is 11.2. The molecule has 0 aliphatic carbocycles. The molecule has 1 aliphatic rings. The number of nitrogens with zero attached hydrogens (tertiary/aromatic N) is 3. The fourth-order valence-corrected chi connectivity index (χ4v) is 2.24. The van der Waals surface area contributed by atoms with E-state index in [1.807, 2.05) is 6.07 Å². The van der Waals surface area contributed by atoms with Crippen LogP contribution in [0, 0.1) is 5.41 Å². The second-order valence-electron chi connectivity index (χ2n) is 5.59. The molecular formula is C13H22N4O.